The third-order valence-corrected chi connectivity index (χ3v) is 6.12. The van der Waals surface area contributed by atoms with Gasteiger partial charge in [-0.1, -0.05) is 30.3 Å². The number of nitrogens with zero attached hydrogens (tertiary/aromatic N) is 1. The van der Waals surface area contributed by atoms with E-state index >= 15 is 0 Å². The first-order valence-electron chi connectivity index (χ1n) is 9.78. The van der Waals surface area contributed by atoms with E-state index in [0.29, 0.717) is 31.5 Å². The van der Waals surface area contributed by atoms with E-state index in [1.807, 2.05) is 25.1 Å². The molecule has 1 unspecified atom stereocenters. The van der Waals surface area contributed by atoms with Crippen LogP contribution in [0.15, 0.2) is 59.5 Å². The number of rotatable bonds is 5. The van der Waals surface area contributed by atoms with Crippen LogP contribution in [0.1, 0.15) is 41.7 Å². The monoisotopic (exact) mass is 430 g/mol. The van der Waals surface area contributed by atoms with Crippen molar-refractivity contribution in [1.29, 1.82) is 0 Å². The summed E-state index contributed by atoms with van der Waals surface area (Å²) < 4.78 is 22.7. The van der Waals surface area contributed by atoms with Crippen molar-refractivity contribution < 1.29 is 18.0 Å². The highest BCUT2D eigenvalue weighted by atomic mass is 32.2. The topological polar surface area (TPSA) is 122 Å². The van der Waals surface area contributed by atoms with Crippen molar-refractivity contribution in [2.75, 3.05) is 13.1 Å². The third kappa shape index (κ3) is 5.58. The van der Waals surface area contributed by atoms with Crippen molar-refractivity contribution in [3.05, 3.63) is 65.7 Å². The zero-order valence-electron chi connectivity index (χ0n) is 16.7. The minimum atomic E-state index is -3.74. The van der Waals surface area contributed by atoms with Gasteiger partial charge in [-0.25, -0.2) is 18.4 Å². The molecule has 1 saturated heterocycles. The largest absolute Gasteiger partial charge is 0.338 e. The molecule has 1 atom stereocenters. The highest BCUT2D eigenvalue weighted by Gasteiger charge is 2.25. The van der Waals surface area contributed by atoms with Crippen LogP contribution >= 0.6 is 0 Å². The van der Waals surface area contributed by atoms with Gasteiger partial charge < -0.3 is 15.5 Å². The lowest BCUT2D eigenvalue weighted by Crippen LogP contribution is -2.49. The molecule has 4 N–H and O–H groups in total. The molecule has 0 spiro atoms. The second kappa shape index (κ2) is 9.27. The summed E-state index contributed by atoms with van der Waals surface area (Å²) in [7, 11) is -3.74. The molecule has 3 rings (SSSR count). The number of amides is 3. The highest BCUT2D eigenvalue weighted by Crippen LogP contribution is 2.17. The molecule has 0 bridgehead atoms. The first-order chi connectivity index (χ1) is 14.2. The number of nitrogens with one attached hydrogen (secondary N) is 2. The Kier molecular flexibility index (Phi) is 6.73. The molecule has 8 nitrogen and oxygen atoms in total. The Morgan fingerprint density at radius 3 is 2.20 bits per heavy atom. The first kappa shape index (κ1) is 21.8. The number of primary sulfonamides is 1. The molecule has 0 aliphatic carbocycles. The molecular formula is C21H26N4O4S. The van der Waals surface area contributed by atoms with Crippen molar-refractivity contribution in [2.45, 2.75) is 36.7 Å². The Labute approximate surface area is 176 Å². The van der Waals surface area contributed by atoms with Crippen LogP contribution in [0.3, 0.4) is 0 Å². The number of benzene rings is 2. The molecular weight excluding hydrogens is 404 g/mol. The van der Waals surface area contributed by atoms with Crippen LogP contribution in [0, 0.1) is 0 Å². The fraction of sp³-hybridized carbons (Fsp3) is 0.333. The number of sulfonamides is 1. The van der Waals surface area contributed by atoms with Gasteiger partial charge in [-0.05, 0) is 49.6 Å². The normalized spacial score (nSPS) is 16.0. The van der Waals surface area contributed by atoms with Crippen LogP contribution in [0.25, 0.3) is 0 Å². The molecule has 1 aliphatic heterocycles. The molecule has 1 fully saturated rings. The van der Waals surface area contributed by atoms with E-state index in [4.69, 9.17) is 5.14 Å². The van der Waals surface area contributed by atoms with Gasteiger partial charge in [0.1, 0.15) is 0 Å². The van der Waals surface area contributed by atoms with Gasteiger partial charge in [0, 0.05) is 24.7 Å². The number of hydrogen-bond donors (Lipinski definition) is 3. The molecule has 2 aromatic rings. The van der Waals surface area contributed by atoms with Crippen LogP contribution in [0.5, 0.6) is 0 Å². The number of carbonyl (C=O) groups is 2. The molecule has 3 amide bonds. The minimum absolute atomic E-state index is 0.00932. The van der Waals surface area contributed by atoms with Gasteiger partial charge in [0.05, 0.1) is 10.9 Å². The Balaban J connectivity index is 1.47. The molecule has 160 valence electrons. The molecule has 30 heavy (non-hydrogen) atoms. The quantitative estimate of drug-likeness (QED) is 0.671. The van der Waals surface area contributed by atoms with Gasteiger partial charge in [-0.3, -0.25) is 4.79 Å². The number of carbonyl (C=O) groups excluding carboxylic acids is 2. The summed E-state index contributed by atoms with van der Waals surface area (Å²) in [5.41, 5.74) is 1.43. The van der Waals surface area contributed by atoms with Crippen LogP contribution in [-0.4, -0.2) is 44.4 Å². The van der Waals surface area contributed by atoms with E-state index in [-0.39, 0.29) is 28.9 Å². The standard InChI is InChI=1S/C21H26N4O4S/c1-15(16-7-9-19(10-8-16)30(22,28)29)23-21(27)24-18-11-13-25(14-12-18)20(26)17-5-3-2-4-6-17/h2-10,15,18H,11-14H2,1H3,(H2,22,28,29)(H2,23,24,27). The summed E-state index contributed by atoms with van der Waals surface area (Å²) in [4.78, 5) is 26.7. The Bertz CT molecular complexity index is 985. The van der Waals surface area contributed by atoms with Crippen LogP contribution in [0.4, 0.5) is 4.79 Å². The maximum atomic E-state index is 12.5. The van der Waals surface area contributed by atoms with Crippen molar-refractivity contribution >= 4 is 22.0 Å². The van der Waals surface area contributed by atoms with Crippen molar-refractivity contribution in [3.63, 3.8) is 0 Å². The zero-order chi connectivity index (χ0) is 21.7. The van der Waals surface area contributed by atoms with Crippen LogP contribution in [0.2, 0.25) is 0 Å². The molecule has 0 radical (unpaired) electrons. The number of likely N-dealkylation sites (tertiary alicyclic amines) is 1. The van der Waals surface area contributed by atoms with E-state index in [0.717, 1.165) is 5.56 Å². The second-order valence-electron chi connectivity index (χ2n) is 7.39. The Morgan fingerprint density at radius 1 is 1.03 bits per heavy atom. The summed E-state index contributed by atoms with van der Waals surface area (Å²) in [6.07, 6.45) is 1.37. The van der Waals surface area contributed by atoms with E-state index in [9.17, 15) is 18.0 Å². The van der Waals surface area contributed by atoms with E-state index in [1.165, 1.54) is 12.1 Å². The van der Waals surface area contributed by atoms with Crippen molar-refractivity contribution in [1.82, 2.24) is 15.5 Å². The highest BCUT2D eigenvalue weighted by molar-refractivity contribution is 7.89. The first-order valence-corrected chi connectivity index (χ1v) is 11.3. The Morgan fingerprint density at radius 2 is 1.63 bits per heavy atom. The lowest BCUT2D eigenvalue weighted by Gasteiger charge is -2.32. The molecule has 1 heterocycles. The average Bonchev–Trinajstić information content (AvgIpc) is 2.74. The maximum Gasteiger partial charge on any atom is 0.315 e. The van der Waals surface area contributed by atoms with Gasteiger partial charge in [-0.15, -0.1) is 0 Å². The molecule has 2 aromatic carbocycles. The minimum Gasteiger partial charge on any atom is -0.338 e. The second-order valence-corrected chi connectivity index (χ2v) is 8.95. The lowest BCUT2D eigenvalue weighted by atomic mass is 10.0. The summed E-state index contributed by atoms with van der Waals surface area (Å²) in [5.74, 6) is 0.00932. The smallest absolute Gasteiger partial charge is 0.315 e. The van der Waals surface area contributed by atoms with E-state index < -0.39 is 10.0 Å². The van der Waals surface area contributed by atoms with E-state index in [2.05, 4.69) is 10.6 Å². The molecule has 9 heteroatoms. The third-order valence-electron chi connectivity index (χ3n) is 5.19. The number of hydrogen-bond acceptors (Lipinski definition) is 4. The number of nitrogens with two attached hydrogens (primary N) is 1. The lowest BCUT2D eigenvalue weighted by molar-refractivity contribution is 0.0708. The summed E-state index contributed by atoms with van der Waals surface area (Å²) in [5, 5.41) is 10.9. The summed E-state index contributed by atoms with van der Waals surface area (Å²) >= 11 is 0. The number of urea groups is 1. The van der Waals surface area contributed by atoms with Gasteiger partial charge in [-0.2, -0.15) is 0 Å². The fourth-order valence-corrected chi connectivity index (χ4v) is 3.96. The van der Waals surface area contributed by atoms with Crippen LogP contribution in [-0.2, 0) is 10.0 Å². The zero-order valence-corrected chi connectivity index (χ0v) is 17.6. The van der Waals surface area contributed by atoms with Gasteiger partial charge in [0.25, 0.3) is 5.91 Å². The molecule has 0 aromatic heterocycles. The Hall–Kier alpha value is -2.91. The van der Waals surface area contributed by atoms with Crippen molar-refractivity contribution in [2.24, 2.45) is 5.14 Å². The van der Waals surface area contributed by atoms with Crippen molar-refractivity contribution in [3.8, 4) is 0 Å². The van der Waals surface area contributed by atoms with Crippen LogP contribution < -0.4 is 15.8 Å². The van der Waals surface area contributed by atoms with Gasteiger partial charge >= 0.3 is 6.03 Å². The predicted octanol–water partition coefficient (Wildman–Crippen LogP) is 2.00. The number of piperidine rings is 1. The predicted molar refractivity (Wildman–Crippen MR) is 113 cm³/mol. The SMILES string of the molecule is CC(NC(=O)NC1CCN(C(=O)c2ccccc2)CC1)c1ccc(S(N)(=O)=O)cc1. The maximum absolute atomic E-state index is 12.5. The van der Waals surface area contributed by atoms with Gasteiger partial charge in [0.15, 0.2) is 0 Å². The van der Waals surface area contributed by atoms with E-state index in [1.54, 1.807) is 29.2 Å². The summed E-state index contributed by atoms with van der Waals surface area (Å²) in [6, 6.07) is 14.6. The summed E-state index contributed by atoms with van der Waals surface area (Å²) in [6.45, 7) is 2.99. The average molecular weight is 431 g/mol. The molecule has 0 saturated carbocycles. The fourth-order valence-electron chi connectivity index (χ4n) is 3.44. The molecule has 1 aliphatic rings. The van der Waals surface area contributed by atoms with Gasteiger partial charge in [0.2, 0.25) is 10.0 Å².